The molecule has 0 radical (unpaired) electrons. The maximum atomic E-state index is 14.0. The van der Waals surface area contributed by atoms with Crippen molar-refractivity contribution in [2.45, 2.75) is 303 Å². The van der Waals surface area contributed by atoms with Gasteiger partial charge in [-0.15, -0.1) is 0 Å². The van der Waals surface area contributed by atoms with E-state index in [0.29, 0.717) is 25.7 Å². The van der Waals surface area contributed by atoms with Crippen molar-refractivity contribution in [3.8, 4) is 0 Å². The van der Waals surface area contributed by atoms with E-state index in [1.54, 1.807) is 0 Å². The predicted octanol–water partition coefficient (Wildman–Crippen LogP) is 17.5. The zero-order valence-corrected chi connectivity index (χ0v) is 49.7. The summed E-state index contributed by atoms with van der Waals surface area (Å²) in [5, 5.41) is 27.5. The van der Waals surface area contributed by atoms with Crippen LogP contribution in [0.2, 0.25) is 0 Å². The molecule has 10 nitrogen and oxygen atoms in total. The van der Waals surface area contributed by atoms with Crippen LogP contribution in [0.25, 0.3) is 0 Å². The predicted molar refractivity (Wildman–Crippen MR) is 311 cm³/mol. The van der Waals surface area contributed by atoms with Gasteiger partial charge in [0, 0.05) is 18.4 Å². The molecule has 0 aliphatic carbocycles. The number of hydrogen-bond acceptors (Lipinski definition) is 8. The summed E-state index contributed by atoms with van der Waals surface area (Å²) in [5.41, 5.74) is 0.197. The molecule has 0 heterocycles. The minimum absolute atomic E-state index is 0.107. The number of Topliss-reactive ketones (excluding diaryl/α,β-unsaturated/α-hetero) is 2. The number of likely N-dealkylation sites (N-methyl/N-ethyl adjacent to an activating group) is 1. The van der Waals surface area contributed by atoms with Crippen LogP contribution >= 0.6 is 7.82 Å². The molecule has 0 fully saturated rings. The highest BCUT2D eigenvalue weighted by atomic mass is 31.2. The molecule has 0 spiro atoms. The van der Waals surface area contributed by atoms with E-state index in [1.165, 1.54) is 141 Å². The second-order valence-electron chi connectivity index (χ2n) is 22.1. The Morgan fingerprint density at radius 2 is 0.767 bits per heavy atom. The lowest BCUT2D eigenvalue weighted by Gasteiger charge is -2.21. The van der Waals surface area contributed by atoms with Crippen LogP contribution in [0.1, 0.15) is 297 Å². The number of nitrogens with zero attached hydrogens (tertiary/aromatic N) is 1. The number of carbonyl (C=O) groups excluding carboxylic acids is 2. The summed E-state index contributed by atoms with van der Waals surface area (Å²) in [6.45, 7) is 6.57. The first-order chi connectivity index (χ1) is 35.3. The average molecular weight is 1060 g/mol. The molecular formula is C62H121NO9P+. The van der Waals surface area contributed by atoms with Gasteiger partial charge in [0.1, 0.15) is 12.6 Å². The fourth-order valence-corrected chi connectivity index (χ4v) is 9.66. The summed E-state index contributed by atoms with van der Waals surface area (Å²) in [7, 11) is 1.27. The fraction of sp³-hybridized carbons (Fsp3) is 0.871. The van der Waals surface area contributed by atoms with Crippen LogP contribution in [-0.2, 0) is 23.2 Å². The molecule has 2 atom stereocenters. The van der Waals surface area contributed by atoms with Crippen LogP contribution in [0.5, 0.6) is 0 Å². The number of rotatable bonds is 55. The van der Waals surface area contributed by atoms with Crippen LogP contribution in [0.4, 0.5) is 0 Å². The summed E-state index contributed by atoms with van der Waals surface area (Å²) >= 11 is 0. The maximum Gasteiger partial charge on any atom is 0.527 e. The summed E-state index contributed by atoms with van der Waals surface area (Å²) < 4.78 is 24.6. The number of allylic oxidation sites excluding steroid dienone is 6. The number of phosphoric ester groups is 1. The molecule has 0 saturated heterocycles. The minimum atomic E-state index is -4.89. The Bertz CT molecular complexity index is 1360. The third kappa shape index (κ3) is 54.9. The first-order valence-electron chi connectivity index (χ1n) is 30.7. The summed E-state index contributed by atoms with van der Waals surface area (Å²) in [5.74, 6) is -1.00. The SMILES string of the molecule is CCCCCCCC/C=C\CCCCCCCC(=O)C(CCCCCCCCCCCCCCCC)=C(OP(=O)(O)OC[C@H](O)CO)C(=O)CCCCCCC/C=C\CCCCCCCC.C[N+](C)(C)CCO. The van der Waals surface area contributed by atoms with Crippen molar-refractivity contribution >= 4 is 19.4 Å². The molecule has 0 rings (SSSR count). The molecule has 0 bridgehead atoms. The van der Waals surface area contributed by atoms with Crippen molar-refractivity contribution in [2.75, 3.05) is 47.5 Å². The van der Waals surface area contributed by atoms with Gasteiger partial charge in [-0.05, 0) is 77.0 Å². The molecule has 0 aromatic heterocycles. The van der Waals surface area contributed by atoms with Gasteiger partial charge in [-0.25, -0.2) is 4.57 Å². The van der Waals surface area contributed by atoms with Crippen LogP contribution in [0.15, 0.2) is 35.6 Å². The largest absolute Gasteiger partial charge is 0.527 e. The molecule has 73 heavy (non-hydrogen) atoms. The normalized spacial score (nSPS) is 13.6. The third-order valence-corrected chi connectivity index (χ3v) is 14.5. The Kier molecular flexibility index (Phi) is 55.4. The number of ketones is 2. The lowest BCUT2D eigenvalue weighted by molar-refractivity contribution is -0.870. The molecule has 0 aliphatic rings. The number of aliphatic hydroxyl groups excluding tert-OH is 3. The average Bonchev–Trinajstić information content (AvgIpc) is 3.36. The molecule has 1 unspecified atom stereocenters. The van der Waals surface area contributed by atoms with Gasteiger partial charge in [0.25, 0.3) is 0 Å². The Balaban J connectivity index is 0. The molecular weight excluding hydrogens is 934 g/mol. The lowest BCUT2D eigenvalue weighted by atomic mass is 9.95. The smallest absolute Gasteiger partial charge is 0.400 e. The van der Waals surface area contributed by atoms with Gasteiger partial charge < -0.3 is 24.3 Å². The summed E-state index contributed by atoms with van der Waals surface area (Å²) in [6, 6.07) is 0. The van der Waals surface area contributed by atoms with Gasteiger partial charge in [-0.1, -0.05) is 231 Å². The zero-order chi connectivity index (χ0) is 54.4. The number of unbranched alkanes of at least 4 members (excludes halogenated alkanes) is 35. The molecule has 0 aliphatic heterocycles. The topological polar surface area (TPSA) is 151 Å². The van der Waals surface area contributed by atoms with Gasteiger partial charge in [-0.2, -0.15) is 0 Å². The fourth-order valence-electron chi connectivity index (χ4n) is 8.80. The van der Waals surface area contributed by atoms with Crippen molar-refractivity contribution in [2.24, 2.45) is 0 Å². The van der Waals surface area contributed by atoms with E-state index in [9.17, 15) is 29.3 Å². The minimum Gasteiger partial charge on any atom is -0.400 e. The monoisotopic (exact) mass is 1050 g/mol. The van der Waals surface area contributed by atoms with Crippen LogP contribution in [-0.4, -0.2) is 89.9 Å². The second-order valence-corrected chi connectivity index (χ2v) is 23.5. The van der Waals surface area contributed by atoms with E-state index in [1.807, 2.05) is 0 Å². The number of aliphatic hydroxyl groups is 3. The van der Waals surface area contributed by atoms with Gasteiger partial charge >= 0.3 is 7.82 Å². The quantitative estimate of drug-likeness (QED) is 0.0117. The molecule has 0 aromatic rings. The Morgan fingerprint density at radius 3 is 1.07 bits per heavy atom. The molecule has 0 saturated carbocycles. The van der Waals surface area contributed by atoms with E-state index in [2.05, 4.69) is 66.2 Å². The van der Waals surface area contributed by atoms with Crippen molar-refractivity contribution in [1.29, 1.82) is 0 Å². The molecule has 432 valence electrons. The summed E-state index contributed by atoms with van der Waals surface area (Å²) in [6.07, 6.45) is 55.0. The maximum absolute atomic E-state index is 14.0. The van der Waals surface area contributed by atoms with Crippen LogP contribution in [0, 0.1) is 0 Å². The first kappa shape index (κ1) is 73.4. The highest BCUT2D eigenvalue weighted by molar-refractivity contribution is 7.47. The van der Waals surface area contributed by atoms with Crippen molar-refractivity contribution < 1.29 is 47.9 Å². The number of carbonyl (C=O) groups is 2. The lowest BCUT2D eigenvalue weighted by Crippen LogP contribution is -2.36. The third-order valence-electron chi connectivity index (χ3n) is 13.6. The van der Waals surface area contributed by atoms with Crippen molar-refractivity contribution in [3.63, 3.8) is 0 Å². The highest BCUT2D eigenvalue weighted by Gasteiger charge is 2.32. The van der Waals surface area contributed by atoms with E-state index in [0.717, 1.165) is 107 Å². The van der Waals surface area contributed by atoms with Crippen molar-refractivity contribution in [3.05, 3.63) is 35.6 Å². The number of quaternary nitrogens is 1. The number of phosphoric acid groups is 1. The zero-order valence-electron chi connectivity index (χ0n) is 48.8. The molecule has 0 aromatic carbocycles. The Hall–Kier alpha value is -1.65. The van der Waals surface area contributed by atoms with Gasteiger partial charge in [0.2, 0.25) is 0 Å². The molecule has 4 N–H and O–H groups in total. The highest BCUT2D eigenvalue weighted by Crippen LogP contribution is 2.47. The first-order valence-corrected chi connectivity index (χ1v) is 32.2. The Morgan fingerprint density at radius 1 is 0.466 bits per heavy atom. The van der Waals surface area contributed by atoms with E-state index in [4.69, 9.17) is 14.2 Å². The molecule has 11 heteroatoms. The van der Waals surface area contributed by atoms with E-state index < -0.39 is 32.9 Å². The number of hydrogen-bond donors (Lipinski definition) is 4. The van der Waals surface area contributed by atoms with Crippen LogP contribution < -0.4 is 0 Å². The van der Waals surface area contributed by atoms with E-state index in [-0.39, 0.29) is 36.6 Å². The molecule has 0 amide bonds. The summed E-state index contributed by atoms with van der Waals surface area (Å²) in [4.78, 5) is 38.7. The second kappa shape index (κ2) is 55.1. The Labute approximate surface area is 451 Å². The standard InChI is InChI=1S/C57H107O8P.C5H14NO/c1-4-7-10-13-16-19-22-25-28-31-34-37-40-43-46-49-55(60)54(48-45-42-39-36-33-30-27-24-21-18-15-12-9-6-3)57(65-66(62,63)64-52-53(59)51-58)56(61)50-47-44-41-38-35-32-29-26-23-20-17-14-11-8-5-2;1-6(2,3)4-5-7/h25-26,28-29,53,58-59H,4-24,27,30-52H2,1-3H3,(H,62,63);7H,4-5H2,1-3H3/q;+1/b28-25-,29-26-,57-54?;/t53-;/m1./s1. The van der Waals surface area contributed by atoms with Gasteiger partial charge in [-0.3, -0.25) is 19.0 Å². The van der Waals surface area contributed by atoms with E-state index >= 15 is 0 Å². The van der Waals surface area contributed by atoms with Gasteiger partial charge in [0.15, 0.2) is 17.3 Å². The van der Waals surface area contributed by atoms with Crippen LogP contribution in [0.3, 0.4) is 0 Å². The van der Waals surface area contributed by atoms with Crippen molar-refractivity contribution in [1.82, 2.24) is 0 Å². The van der Waals surface area contributed by atoms with Gasteiger partial charge in [0.05, 0.1) is 41.0 Å².